The molecule has 0 radical (unpaired) electrons. The Morgan fingerprint density at radius 3 is 2.90 bits per heavy atom. The van der Waals surface area contributed by atoms with Crippen LogP contribution in [0.5, 0.6) is 0 Å². The smallest absolute Gasteiger partial charge is 0.0262 e. The van der Waals surface area contributed by atoms with Gasteiger partial charge in [0.05, 0.1) is 0 Å². The Balaban J connectivity index is 2.59. The molecule has 1 rings (SSSR count). The van der Waals surface area contributed by atoms with Crippen molar-refractivity contribution in [3.05, 3.63) is 23.8 Å². The van der Waals surface area contributed by atoms with E-state index in [1.807, 2.05) is 6.92 Å². The highest BCUT2D eigenvalue weighted by molar-refractivity contribution is 7.17. The molecular weight excluding hydrogens is 141 g/mol. The minimum absolute atomic E-state index is 0.189. The van der Waals surface area contributed by atoms with Crippen molar-refractivity contribution in [1.29, 1.82) is 0 Å². The van der Waals surface area contributed by atoms with Gasteiger partial charge in [-0.3, -0.25) is 0 Å². The van der Waals surface area contributed by atoms with Crippen LogP contribution >= 0.6 is 9.24 Å². The van der Waals surface area contributed by atoms with E-state index in [0.29, 0.717) is 5.66 Å². The predicted molar refractivity (Wildman–Crippen MR) is 49.0 cm³/mol. The van der Waals surface area contributed by atoms with Gasteiger partial charge in [0.1, 0.15) is 0 Å². The largest absolute Gasteiger partial charge is 0.324 e. The van der Waals surface area contributed by atoms with E-state index in [1.54, 1.807) is 0 Å². The number of nitrogens with two attached hydrogens (primary N) is 1. The molecule has 0 saturated carbocycles. The fourth-order valence-corrected chi connectivity index (χ4v) is 1.24. The van der Waals surface area contributed by atoms with E-state index in [4.69, 9.17) is 5.73 Å². The Morgan fingerprint density at radius 1 is 1.80 bits per heavy atom. The molecule has 1 aliphatic rings. The first-order chi connectivity index (χ1) is 4.70. The maximum Gasteiger partial charge on any atom is 0.0262 e. The van der Waals surface area contributed by atoms with E-state index in [9.17, 15) is 0 Å². The number of allylic oxidation sites excluding steroid dienone is 2. The predicted octanol–water partition coefficient (Wildman–Crippen LogP) is 1.46. The van der Waals surface area contributed by atoms with E-state index in [1.165, 1.54) is 5.57 Å². The van der Waals surface area contributed by atoms with Crippen LogP contribution in [-0.4, -0.2) is 11.7 Å². The lowest BCUT2D eigenvalue weighted by atomic mass is 10.0. The van der Waals surface area contributed by atoms with Crippen molar-refractivity contribution in [2.75, 3.05) is 0 Å². The van der Waals surface area contributed by atoms with Gasteiger partial charge in [0.15, 0.2) is 0 Å². The Hall–Kier alpha value is -0.130. The Bertz CT molecular complexity index is 170. The molecule has 0 aromatic carbocycles. The quantitative estimate of drug-likeness (QED) is 0.570. The number of rotatable bonds is 1. The van der Waals surface area contributed by atoms with Gasteiger partial charge in [-0.2, -0.15) is 0 Å². The third kappa shape index (κ3) is 1.93. The van der Waals surface area contributed by atoms with Crippen LogP contribution in [0.15, 0.2) is 23.8 Å². The summed E-state index contributed by atoms with van der Waals surface area (Å²) in [5.41, 5.74) is 7.56. The van der Waals surface area contributed by atoms with Crippen LogP contribution in [0, 0.1) is 0 Å². The van der Waals surface area contributed by atoms with Gasteiger partial charge in [-0.1, -0.05) is 18.2 Å². The van der Waals surface area contributed by atoms with Gasteiger partial charge in [-0.25, -0.2) is 0 Å². The molecule has 0 aliphatic heterocycles. The molecule has 3 unspecified atom stereocenters. The summed E-state index contributed by atoms with van der Waals surface area (Å²) < 4.78 is 0. The highest BCUT2D eigenvalue weighted by Gasteiger charge is 2.05. The standard InChI is InChI=1S/C8H14NP/c1-6(9)7-2-4-8(10)5-3-7/h2-4,6,8H,5,9-10H2,1H3. The Morgan fingerprint density at radius 2 is 2.50 bits per heavy atom. The Labute approximate surface area is 64.6 Å². The van der Waals surface area contributed by atoms with Crippen molar-refractivity contribution < 1.29 is 0 Å². The van der Waals surface area contributed by atoms with E-state index < -0.39 is 0 Å². The normalized spacial score (nSPS) is 27.9. The summed E-state index contributed by atoms with van der Waals surface area (Å²) in [5, 5.41) is 0. The van der Waals surface area contributed by atoms with Gasteiger partial charge in [-0.05, 0) is 24.6 Å². The Kier molecular flexibility index (Phi) is 2.64. The van der Waals surface area contributed by atoms with Crippen molar-refractivity contribution in [3.63, 3.8) is 0 Å². The molecule has 0 bridgehead atoms. The first kappa shape index (κ1) is 7.97. The zero-order valence-corrected chi connectivity index (χ0v) is 7.40. The van der Waals surface area contributed by atoms with Crippen LogP contribution < -0.4 is 5.73 Å². The summed E-state index contributed by atoms with van der Waals surface area (Å²) >= 11 is 0. The first-order valence-electron chi connectivity index (χ1n) is 3.59. The lowest BCUT2D eigenvalue weighted by Gasteiger charge is -2.13. The SMILES string of the molecule is CC(N)C1=CCC(P)C=C1. The fraction of sp³-hybridized carbons (Fsp3) is 0.500. The van der Waals surface area contributed by atoms with Crippen molar-refractivity contribution in [1.82, 2.24) is 0 Å². The molecule has 0 spiro atoms. The van der Waals surface area contributed by atoms with Gasteiger partial charge in [0.25, 0.3) is 0 Å². The summed E-state index contributed by atoms with van der Waals surface area (Å²) in [7, 11) is 2.78. The number of hydrogen-bond donors (Lipinski definition) is 1. The minimum atomic E-state index is 0.189. The summed E-state index contributed by atoms with van der Waals surface area (Å²) in [6, 6.07) is 0.189. The van der Waals surface area contributed by atoms with Crippen LogP contribution in [0.25, 0.3) is 0 Å². The molecule has 0 saturated heterocycles. The second-order valence-corrected chi connectivity index (χ2v) is 3.61. The van der Waals surface area contributed by atoms with Gasteiger partial charge in [-0.15, -0.1) is 9.24 Å². The maximum atomic E-state index is 5.69. The van der Waals surface area contributed by atoms with Crippen LogP contribution in [0.1, 0.15) is 13.3 Å². The summed E-state index contributed by atoms with van der Waals surface area (Å²) in [5.74, 6) is 0. The molecule has 2 N–H and O–H groups in total. The lowest BCUT2D eigenvalue weighted by molar-refractivity contribution is 0.859. The van der Waals surface area contributed by atoms with E-state index in [-0.39, 0.29) is 6.04 Å². The second kappa shape index (κ2) is 3.32. The molecule has 56 valence electrons. The molecule has 2 heteroatoms. The van der Waals surface area contributed by atoms with E-state index in [0.717, 1.165) is 6.42 Å². The third-order valence-corrected chi connectivity index (χ3v) is 2.18. The highest BCUT2D eigenvalue weighted by Crippen LogP contribution is 2.17. The van der Waals surface area contributed by atoms with Crippen molar-refractivity contribution >= 4 is 9.24 Å². The molecule has 0 fully saturated rings. The molecule has 0 amide bonds. The van der Waals surface area contributed by atoms with Crippen molar-refractivity contribution in [3.8, 4) is 0 Å². The van der Waals surface area contributed by atoms with Gasteiger partial charge in [0, 0.05) is 6.04 Å². The van der Waals surface area contributed by atoms with Crippen LogP contribution in [0.3, 0.4) is 0 Å². The van der Waals surface area contributed by atoms with Gasteiger partial charge < -0.3 is 5.73 Å². The molecule has 3 atom stereocenters. The molecule has 10 heavy (non-hydrogen) atoms. The molecule has 0 heterocycles. The zero-order valence-electron chi connectivity index (χ0n) is 6.25. The molecule has 0 aromatic rings. The first-order valence-corrected chi connectivity index (χ1v) is 4.26. The van der Waals surface area contributed by atoms with Crippen molar-refractivity contribution in [2.24, 2.45) is 5.73 Å². The fourth-order valence-electron chi connectivity index (χ4n) is 0.991. The summed E-state index contributed by atoms with van der Waals surface area (Å²) in [4.78, 5) is 0. The van der Waals surface area contributed by atoms with E-state index >= 15 is 0 Å². The van der Waals surface area contributed by atoms with E-state index in [2.05, 4.69) is 27.5 Å². The second-order valence-electron chi connectivity index (χ2n) is 2.75. The summed E-state index contributed by atoms with van der Waals surface area (Å²) in [6.07, 6.45) is 7.62. The molecule has 1 nitrogen and oxygen atoms in total. The number of hydrogen-bond acceptors (Lipinski definition) is 1. The average molecular weight is 155 g/mol. The zero-order chi connectivity index (χ0) is 7.56. The minimum Gasteiger partial charge on any atom is -0.324 e. The van der Waals surface area contributed by atoms with Crippen LogP contribution in [-0.2, 0) is 0 Å². The van der Waals surface area contributed by atoms with Gasteiger partial charge >= 0.3 is 0 Å². The van der Waals surface area contributed by atoms with Crippen molar-refractivity contribution in [2.45, 2.75) is 25.0 Å². The lowest BCUT2D eigenvalue weighted by Crippen LogP contribution is -2.18. The average Bonchev–Trinajstić information content (AvgIpc) is 1.88. The molecular formula is C8H14NP. The van der Waals surface area contributed by atoms with Gasteiger partial charge in [0.2, 0.25) is 0 Å². The molecule has 0 aromatic heterocycles. The third-order valence-electron chi connectivity index (χ3n) is 1.69. The topological polar surface area (TPSA) is 26.0 Å². The highest BCUT2D eigenvalue weighted by atomic mass is 31.0. The van der Waals surface area contributed by atoms with Crippen LogP contribution in [0.2, 0.25) is 0 Å². The monoisotopic (exact) mass is 155 g/mol. The molecule has 1 aliphatic carbocycles. The summed E-state index contributed by atoms with van der Waals surface area (Å²) in [6.45, 7) is 2.01. The maximum absolute atomic E-state index is 5.69. The van der Waals surface area contributed by atoms with Crippen LogP contribution in [0.4, 0.5) is 0 Å².